The first-order valence-corrected chi connectivity index (χ1v) is 5.21. The van der Waals surface area contributed by atoms with Crippen LogP contribution in [0.1, 0.15) is 29.5 Å². The molecular formula is C12H12F4. The van der Waals surface area contributed by atoms with E-state index in [1.165, 1.54) is 13.0 Å². The van der Waals surface area contributed by atoms with Crippen LogP contribution < -0.4 is 0 Å². The lowest BCUT2D eigenvalue weighted by molar-refractivity contribution is -0.240. The van der Waals surface area contributed by atoms with Gasteiger partial charge in [-0.15, -0.1) is 0 Å². The highest BCUT2D eigenvalue weighted by Gasteiger charge is 2.58. The Morgan fingerprint density at radius 2 is 1.94 bits per heavy atom. The van der Waals surface area contributed by atoms with Crippen molar-refractivity contribution in [2.45, 2.75) is 38.0 Å². The van der Waals surface area contributed by atoms with Crippen LogP contribution in [-0.4, -0.2) is 6.18 Å². The highest BCUT2D eigenvalue weighted by Crippen LogP contribution is 2.50. The quantitative estimate of drug-likeness (QED) is 0.592. The van der Waals surface area contributed by atoms with E-state index >= 15 is 0 Å². The molecule has 1 aromatic carbocycles. The minimum atomic E-state index is -4.83. The van der Waals surface area contributed by atoms with E-state index in [9.17, 15) is 17.6 Å². The van der Waals surface area contributed by atoms with Crippen LogP contribution in [0.3, 0.4) is 0 Å². The van der Waals surface area contributed by atoms with Crippen molar-refractivity contribution in [3.8, 4) is 0 Å². The van der Waals surface area contributed by atoms with Gasteiger partial charge in [-0.25, -0.2) is 4.39 Å². The van der Waals surface area contributed by atoms with Gasteiger partial charge in [0, 0.05) is 5.56 Å². The van der Waals surface area contributed by atoms with Gasteiger partial charge in [-0.05, 0) is 37.3 Å². The lowest BCUT2D eigenvalue weighted by Gasteiger charge is -2.34. The maximum atomic E-state index is 14.2. The highest BCUT2D eigenvalue weighted by molar-refractivity contribution is 5.42. The Bertz CT molecular complexity index is 408. The fourth-order valence-corrected chi connectivity index (χ4v) is 2.43. The van der Waals surface area contributed by atoms with Crippen molar-refractivity contribution < 1.29 is 17.6 Å². The van der Waals surface area contributed by atoms with Crippen molar-refractivity contribution in [2.24, 2.45) is 0 Å². The third-order valence-electron chi connectivity index (χ3n) is 3.17. The zero-order valence-electron chi connectivity index (χ0n) is 8.87. The fourth-order valence-electron chi connectivity index (χ4n) is 2.43. The fraction of sp³-hybridized carbons (Fsp3) is 0.500. The maximum absolute atomic E-state index is 14.2. The first kappa shape index (κ1) is 11.4. The summed E-state index contributed by atoms with van der Waals surface area (Å²) in [4.78, 5) is 0. The number of alkyl halides is 4. The number of benzene rings is 1. The molecule has 0 radical (unpaired) electrons. The molecule has 0 spiro atoms. The van der Waals surface area contributed by atoms with Crippen LogP contribution in [0.15, 0.2) is 18.2 Å². The van der Waals surface area contributed by atoms with E-state index in [2.05, 4.69) is 0 Å². The van der Waals surface area contributed by atoms with Crippen LogP contribution >= 0.6 is 0 Å². The molecule has 0 heterocycles. The zero-order valence-corrected chi connectivity index (χ0v) is 8.87. The van der Waals surface area contributed by atoms with Gasteiger partial charge >= 0.3 is 6.18 Å². The van der Waals surface area contributed by atoms with Crippen LogP contribution in [0.2, 0.25) is 0 Å². The van der Waals surface area contributed by atoms with Crippen molar-refractivity contribution in [3.63, 3.8) is 0 Å². The van der Waals surface area contributed by atoms with Gasteiger partial charge in [-0.1, -0.05) is 18.2 Å². The average Bonchev–Trinajstić information content (AvgIpc) is 2.16. The summed E-state index contributed by atoms with van der Waals surface area (Å²) >= 11 is 0. The third-order valence-corrected chi connectivity index (χ3v) is 3.17. The van der Waals surface area contributed by atoms with Gasteiger partial charge in [0.25, 0.3) is 0 Å². The van der Waals surface area contributed by atoms with Gasteiger partial charge in [0.15, 0.2) is 0 Å². The Hall–Kier alpha value is -1.06. The summed E-state index contributed by atoms with van der Waals surface area (Å²) in [5.41, 5.74) is -2.44. The molecule has 0 amide bonds. The number of hydrogen-bond donors (Lipinski definition) is 0. The van der Waals surface area contributed by atoms with Crippen LogP contribution in [0.5, 0.6) is 0 Å². The first-order valence-electron chi connectivity index (χ1n) is 5.21. The monoisotopic (exact) mass is 232 g/mol. The minimum Gasteiger partial charge on any atom is -0.229 e. The average molecular weight is 232 g/mol. The second-order valence-electron chi connectivity index (χ2n) is 4.26. The molecule has 1 aromatic rings. The van der Waals surface area contributed by atoms with Crippen molar-refractivity contribution >= 4 is 0 Å². The predicted molar refractivity (Wildman–Crippen MR) is 53.0 cm³/mol. The summed E-state index contributed by atoms with van der Waals surface area (Å²) in [6.07, 6.45) is -4.52. The van der Waals surface area contributed by atoms with Gasteiger partial charge in [0.2, 0.25) is 5.67 Å². The highest BCUT2D eigenvalue weighted by atomic mass is 19.4. The first-order chi connectivity index (χ1) is 7.36. The molecule has 0 aliphatic heterocycles. The van der Waals surface area contributed by atoms with E-state index in [4.69, 9.17) is 0 Å². The van der Waals surface area contributed by atoms with Gasteiger partial charge in [0.1, 0.15) is 0 Å². The Balaban J connectivity index is 2.64. The summed E-state index contributed by atoms with van der Waals surface area (Å²) in [7, 11) is 0. The lowest BCUT2D eigenvalue weighted by Crippen LogP contribution is -2.41. The Morgan fingerprint density at radius 3 is 2.56 bits per heavy atom. The minimum absolute atomic E-state index is 0.159. The van der Waals surface area contributed by atoms with E-state index < -0.39 is 18.3 Å². The molecule has 1 aliphatic carbocycles. The number of halogens is 4. The molecule has 88 valence electrons. The van der Waals surface area contributed by atoms with Gasteiger partial charge in [-0.3, -0.25) is 0 Å². The topological polar surface area (TPSA) is 0 Å². The summed E-state index contributed by atoms with van der Waals surface area (Å²) in [5.74, 6) is 0. The molecule has 2 rings (SSSR count). The smallest absolute Gasteiger partial charge is 0.229 e. The molecule has 0 bridgehead atoms. The summed E-state index contributed by atoms with van der Waals surface area (Å²) in [6, 6.07) is 4.79. The van der Waals surface area contributed by atoms with Crippen LogP contribution in [0, 0.1) is 6.92 Å². The summed E-state index contributed by atoms with van der Waals surface area (Å²) in [5, 5.41) is 0. The number of hydrogen-bond acceptors (Lipinski definition) is 0. The normalized spacial score (nSPS) is 25.3. The van der Waals surface area contributed by atoms with E-state index in [-0.39, 0.29) is 12.0 Å². The molecule has 1 aliphatic rings. The molecule has 1 unspecified atom stereocenters. The van der Waals surface area contributed by atoms with E-state index in [0.717, 1.165) is 0 Å². The number of rotatable bonds is 0. The molecule has 0 fully saturated rings. The second-order valence-corrected chi connectivity index (χ2v) is 4.26. The van der Waals surface area contributed by atoms with Crippen LogP contribution in [0.25, 0.3) is 0 Å². The van der Waals surface area contributed by atoms with Crippen molar-refractivity contribution in [2.75, 3.05) is 0 Å². The molecular weight excluding hydrogens is 220 g/mol. The van der Waals surface area contributed by atoms with Crippen molar-refractivity contribution in [3.05, 3.63) is 34.9 Å². The lowest BCUT2D eigenvalue weighted by atomic mass is 9.78. The molecule has 4 heteroatoms. The second kappa shape index (κ2) is 3.47. The SMILES string of the molecule is Cc1cccc2c1C(F)(C(F)(F)F)CCC2. The van der Waals surface area contributed by atoms with Crippen LogP contribution in [-0.2, 0) is 12.1 Å². The third kappa shape index (κ3) is 1.51. The van der Waals surface area contributed by atoms with Gasteiger partial charge in [0.05, 0.1) is 0 Å². The molecule has 0 saturated carbocycles. The van der Waals surface area contributed by atoms with E-state index in [0.29, 0.717) is 17.5 Å². The van der Waals surface area contributed by atoms with Gasteiger partial charge in [-0.2, -0.15) is 13.2 Å². The van der Waals surface area contributed by atoms with Crippen molar-refractivity contribution in [1.82, 2.24) is 0 Å². The van der Waals surface area contributed by atoms with Crippen molar-refractivity contribution in [1.29, 1.82) is 0 Å². The summed E-state index contributed by atoms with van der Waals surface area (Å²) < 4.78 is 52.6. The molecule has 0 aromatic heterocycles. The molecule has 1 atom stereocenters. The Labute approximate surface area is 91.3 Å². The molecule has 0 N–H and O–H groups in total. The maximum Gasteiger partial charge on any atom is 0.426 e. The number of aryl methyl sites for hydroxylation is 2. The predicted octanol–water partition coefficient (Wildman–Crippen LogP) is 4.06. The zero-order chi connectivity index (χ0) is 12.0. The molecule has 0 saturated heterocycles. The largest absolute Gasteiger partial charge is 0.426 e. The molecule has 0 nitrogen and oxygen atoms in total. The number of fused-ring (bicyclic) bond motifs is 1. The van der Waals surface area contributed by atoms with E-state index in [1.54, 1.807) is 12.1 Å². The van der Waals surface area contributed by atoms with Gasteiger partial charge < -0.3 is 0 Å². The Kier molecular flexibility index (Phi) is 2.48. The standard InChI is InChI=1S/C12H12F4/c1-8-4-2-5-9-6-3-7-11(13,10(8)9)12(14,15)16/h2,4-5H,3,6-7H2,1H3. The Morgan fingerprint density at radius 1 is 1.25 bits per heavy atom. The molecule has 16 heavy (non-hydrogen) atoms. The van der Waals surface area contributed by atoms with E-state index in [1.807, 2.05) is 0 Å². The van der Waals surface area contributed by atoms with Crippen LogP contribution in [0.4, 0.5) is 17.6 Å². The summed E-state index contributed by atoms with van der Waals surface area (Å²) in [6.45, 7) is 1.53.